The summed E-state index contributed by atoms with van der Waals surface area (Å²) in [7, 11) is 2.16. The van der Waals surface area contributed by atoms with E-state index >= 15 is 0 Å². The SMILES string of the molecule is Cc1c(-c2c3ccc4c(OCC(C)(C)C)cccc4c3cc[n+]2C)cc(C(C)(C)C)c2ccccc12. The summed E-state index contributed by atoms with van der Waals surface area (Å²) in [5.41, 5.74) is 5.41. The first-order chi connectivity index (χ1) is 17.0. The van der Waals surface area contributed by atoms with Crippen LogP contribution >= 0.6 is 0 Å². The molecule has 0 saturated heterocycles. The van der Waals surface area contributed by atoms with Gasteiger partial charge < -0.3 is 4.74 Å². The van der Waals surface area contributed by atoms with Gasteiger partial charge >= 0.3 is 0 Å². The predicted molar refractivity (Wildman–Crippen MR) is 154 cm³/mol. The minimum Gasteiger partial charge on any atom is -0.492 e. The Morgan fingerprint density at radius 3 is 2.03 bits per heavy atom. The highest BCUT2D eigenvalue weighted by Gasteiger charge is 2.25. The van der Waals surface area contributed by atoms with E-state index in [1.54, 1.807) is 0 Å². The Morgan fingerprint density at radius 1 is 0.694 bits per heavy atom. The van der Waals surface area contributed by atoms with Crippen LogP contribution in [0.5, 0.6) is 5.75 Å². The van der Waals surface area contributed by atoms with Crippen molar-refractivity contribution < 1.29 is 9.30 Å². The van der Waals surface area contributed by atoms with Gasteiger partial charge in [-0.05, 0) is 69.3 Å². The Kier molecular flexibility index (Phi) is 5.82. The molecule has 1 heterocycles. The van der Waals surface area contributed by atoms with Crippen LogP contribution in [0.4, 0.5) is 0 Å². The first kappa shape index (κ1) is 24.3. The van der Waals surface area contributed by atoms with Crippen molar-refractivity contribution in [1.82, 2.24) is 0 Å². The summed E-state index contributed by atoms with van der Waals surface area (Å²) in [6, 6.07) is 24.5. The van der Waals surface area contributed by atoms with Crippen LogP contribution in [0.15, 0.2) is 72.9 Å². The summed E-state index contributed by atoms with van der Waals surface area (Å²) in [4.78, 5) is 0. The van der Waals surface area contributed by atoms with Crippen LogP contribution < -0.4 is 9.30 Å². The molecule has 0 N–H and O–H groups in total. The number of rotatable bonds is 3. The molecule has 0 fully saturated rings. The van der Waals surface area contributed by atoms with E-state index in [0.717, 1.165) is 5.75 Å². The minimum atomic E-state index is 0.0389. The Bertz CT molecular complexity index is 1610. The zero-order valence-corrected chi connectivity index (χ0v) is 23.0. The molecule has 0 aliphatic rings. The third kappa shape index (κ3) is 4.23. The second kappa shape index (κ2) is 8.62. The fourth-order valence-electron chi connectivity index (χ4n) is 5.33. The molecule has 0 bridgehead atoms. The van der Waals surface area contributed by atoms with Crippen molar-refractivity contribution in [2.45, 2.75) is 53.9 Å². The average molecular weight is 477 g/mol. The highest BCUT2D eigenvalue weighted by molar-refractivity contribution is 6.12. The molecule has 0 aliphatic carbocycles. The molecule has 0 amide bonds. The molecule has 0 aliphatic heterocycles. The molecule has 0 saturated carbocycles. The van der Waals surface area contributed by atoms with Gasteiger partial charge in [0.1, 0.15) is 12.8 Å². The zero-order valence-electron chi connectivity index (χ0n) is 23.0. The maximum Gasteiger partial charge on any atom is 0.220 e. The Balaban J connectivity index is 1.80. The minimum absolute atomic E-state index is 0.0389. The van der Waals surface area contributed by atoms with Crippen molar-refractivity contribution in [2.24, 2.45) is 12.5 Å². The Morgan fingerprint density at radius 2 is 1.33 bits per heavy atom. The first-order valence-corrected chi connectivity index (χ1v) is 13.0. The van der Waals surface area contributed by atoms with Gasteiger partial charge in [0.2, 0.25) is 5.69 Å². The smallest absolute Gasteiger partial charge is 0.220 e. The highest BCUT2D eigenvalue weighted by Crippen LogP contribution is 2.40. The fraction of sp³-hybridized carbons (Fsp3) is 0.324. The maximum absolute atomic E-state index is 6.29. The molecule has 5 rings (SSSR count). The summed E-state index contributed by atoms with van der Waals surface area (Å²) in [5.74, 6) is 0.955. The number of hydrogen-bond donors (Lipinski definition) is 0. The van der Waals surface area contributed by atoms with Crippen molar-refractivity contribution in [2.75, 3.05) is 6.61 Å². The molecule has 0 unspecified atom stereocenters. The molecule has 0 radical (unpaired) electrons. The number of aryl methyl sites for hydroxylation is 2. The molecule has 0 spiro atoms. The Labute approximate surface area is 215 Å². The third-order valence-corrected chi connectivity index (χ3v) is 7.17. The molecule has 4 aromatic carbocycles. The quantitative estimate of drug-likeness (QED) is 0.187. The Hall–Kier alpha value is -3.39. The van der Waals surface area contributed by atoms with Gasteiger partial charge in [-0.1, -0.05) is 77.9 Å². The molecule has 0 atom stereocenters. The number of aromatic nitrogens is 1. The van der Waals surface area contributed by atoms with E-state index in [0.29, 0.717) is 6.61 Å². The summed E-state index contributed by atoms with van der Waals surface area (Å²) >= 11 is 0. The second-order valence-electron chi connectivity index (χ2n) is 12.4. The highest BCUT2D eigenvalue weighted by atomic mass is 16.5. The molecule has 2 nitrogen and oxygen atoms in total. The monoisotopic (exact) mass is 476 g/mol. The number of ether oxygens (including phenoxy) is 1. The number of fused-ring (bicyclic) bond motifs is 4. The van der Waals surface area contributed by atoms with Crippen molar-refractivity contribution in [1.29, 1.82) is 0 Å². The van der Waals surface area contributed by atoms with Crippen LogP contribution in [0.1, 0.15) is 52.7 Å². The molecule has 184 valence electrons. The molecular weight excluding hydrogens is 438 g/mol. The fourth-order valence-corrected chi connectivity index (χ4v) is 5.33. The van der Waals surface area contributed by atoms with E-state index < -0.39 is 0 Å². The number of pyridine rings is 1. The van der Waals surface area contributed by atoms with Gasteiger partial charge in [-0.15, -0.1) is 0 Å². The van der Waals surface area contributed by atoms with E-state index in [4.69, 9.17) is 4.74 Å². The van der Waals surface area contributed by atoms with Crippen LogP contribution in [0.2, 0.25) is 0 Å². The van der Waals surface area contributed by atoms with Gasteiger partial charge in [-0.25, -0.2) is 4.57 Å². The van der Waals surface area contributed by atoms with Crippen LogP contribution in [0.25, 0.3) is 43.6 Å². The van der Waals surface area contributed by atoms with Crippen LogP contribution in [0, 0.1) is 12.3 Å². The van der Waals surface area contributed by atoms with Crippen molar-refractivity contribution in [3.63, 3.8) is 0 Å². The molecule has 2 heteroatoms. The molecule has 36 heavy (non-hydrogen) atoms. The second-order valence-corrected chi connectivity index (χ2v) is 12.4. The van der Waals surface area contributed by atoms with E-state index in [-0.39, 0.29) is 10.8 Å². The third-order valence-electron chi connectivity index (χ3n) is 7.17. The summed E-state index contributed by atoms with van der Waals surface area (Å²) in [6.07, 6.45) is 2.20. The van der Waals surface area contributed by atoms with Gasteiger partial charge in [-0.3, -0.25) is 0 Å². The van der Waals surface area contributed by atoms with Crippen LogP contribution in [-0.2, 0) is 12.5 Å². The van der Waals surface area contributed by atoms with Gasteiger partial charge in [0.15, 0.2) is 6.20 Å². The van der Waals surface area contributed by atoms with Crippen molar-refractivity contribution in [3.05, 3.63) is 84.1 Å². The molecular formula is C34H38NO+. The number of benzene rings is 4. The number of hydrogen-bond acceptors (Lipinski definition) is 1. The lowest BCUT2D eigenvalue weighted by Crippen LogP contribution is -2.31. The van der Waals surface area contributed by atoms with Gasteiger partial charge in [0.05, 0.1) is 17.6 Å². The van der Waals surface area contributed by atoms with Gasteiger partial charge in [-0.2, -0.15) is 0 Å². The van der Waals surface area contributed by atoms with Gasteiger partial charge in [0.25, 0.3) is 0 Å². The molecule has 1 aromatic heterocycles. The van der Waals surface area contributed by atoms with Crippen molar-refractivity contribution >= 4 is 32.3 Å². The van der Waals surface area contributed by atoms with E-state index in [1.807, 2.05) is 0 Å². The standard InChI is InChI=1S/C34H38NO/c1-22-23-12-9-10-13-26(23)30(34(5,6)7)20-29(22)32-28-17-16-27-24(25(28)18-19-35(32)8)14-11-15-31(27)36-21-33(2,3)4/h9-20H,21H2,1-8H3/q+1. The lowest BCUT2D eigenvalue weighted by Gasteiger charge is -2.24. The summed E-state index contributed by atoms with van der Waals surface area (Å²) in [6.45, 7) is 16.5. The lowest BCUT2D eigenvalue weighted by molar-refractivity contribution is -0.659. The number of nitrogens with zero attached hydrogens (tertiary/aromatic N) is 1. The average Bonchev–Trinajstić information content (AvgIpc) is 2.82. The van der Waals surface area contributed by atoms with E-state index in [9.17, 15) is 0 Å². The van der Waals surface area contributed by atoms with E-state index in [2.05, 4.69) is 133 Å². The normalized spacial score (nSPS) is 12.6. The van der Waals surface area contributed by atoms with Crippen molar-refractivity contribution in [3.8, 4) is 17.0 Å². The summed E-state index contributed by atoms with van der Waals surface area (Å²) in [5, 5.41) is 7.59. The largest absolute Gasteiger partial charge is 0.492 e. The topological polar surface area (TPSA) is 13.1 Å². The van der Waals surface area contributed by atoms with Gasteiger partial charge in [0, 0.05) is 16.8 Å². The summed E-state index contributed by atoms with van der Waals surface area (Å²) < 4.78 is 8.56. The van der Waals surface area contributed by atoms with Crippen LogP contribution in [0.3, 0.4) is 0 Å². The predicted octanol–water partition coefficient (Wildman–Crippen LogP) is 8.67. The zero-order chi connectivity index (χ0) is 25.8. The van der Waals surface area contributed by atoms with Crippen LogP contribution in [-0.4, -0.2) is 6.61 Å². The maximum atomic E-state index is 6.29. The molecule has 5 aromatic rings. The first-order valence-electron chi connectivity index (χ1n) is 13.0. The lowest BCUT2D eigenvalue weighted by atomic mass is 9.80. The van der Waals surface area contributed by atoms with E-state index in [1.165, 1.54) is 54.7 Å².